The van der Waals surface area contributed by atoms with Crippen LogP contribution in [0.5, 0.6) is 0 Å². The van der Waals surface area contributed by atoms with Crippen molar-refractivity contribution in [1.82, 2.24) is 0 Å². The monoisotopic (exact) mass is 302 g/mol. The van der Waals surface area contributed by atoms with E-state index in [2.05, 4.69) is 0 Å². The van der Waals surface area contributed by atoms with E-state index in [-0.39, 0.29) is 41.5 Å². The predicted octanol–water partition coefficient (Wildman–Crippen LogP) is -1.39. The Morgan fingerprint density at radius 1 is 1.20 bits per heavy atom. The number of carbonyl (C=O) groups excluding carboxylic acids is 1. The van der Waals surface area contributed by atoms with Crippen molar-refractivity contribution in [3.05, 3.63) is 60.2 Å². The molecule has 0 radical (unpaired) electrons. The number of rotatable bonds is 3. The maximum Gasteiger partial charge on any atom is 1.00 e. The summed E-state index contributed by atoms with van der Waals surface area (Å²) in [5.74, 6) is -0.847. The zero-order valence-electron chi connectivity index (χ0n) is 10.9. The molecule has 1 aromatic carbocycles. The van der Waals surface area contributed by atoms with Crippen LogP contribution < -0.4 is 29.6 Å². The van der Waals surface area contributed by atoms with Gasteiger partial charge in [-0.3, -0.25) is 0 Å². The van der Waals surface area contributed by atoms with Crippen LogP contribution >= 0.6 is 0 Å². The Bertz CT molecular complexity index is 636. The van der Waals surface area contributed by atoms with Gasteiger partial charge in [-0.1, -0.05) is 36.4 Å². The number of esters is 1. The fourth-order valence-electron chi connectivity index (χ4n) is 1.68. The molecule has 20 heavy (non-hydrogen) atoms. The Labute approximate surface area is 139 Å². The van der Waals surface area contributed by atoms with Crippen LogP contribution in [0.2, 0.25) is 0 Å². The first-order chi connectivity index (χ1) is 8.95. The third-order valence-corrected chi connectivity index (χ3v) is 3.93. The van der Waals surface area contributed by atoms with E-state index in [9.17, 15) is 17.8 Å². The smallest absolute Gasteiger partial charge is 0.745 e. The molecule has 0 aromatic heterocycles. The zero-order valence-corrected chi connectivity index (χ0v) is 13.7. The molecule has 100 valence electrons. The van der Waals surface area contributed by atoms with Crippen LogP contribution in [-0.4, -0.2) is 23.9 Å². The van der Waals surface area contributed by atoms with E-state index in [4.69, 9.17) is 4.74 Å². The number of hydrogen-bond donors (Lipinski definition) is 0. The van der Waals surface area contributed by atoms with Crippen molar-refractivity contribution in [2.75, 3.05) is 0 Å². The molecular weight excluding hydrogens is 291 g/mol. The standard InChI is InChI=1S/C13H12O5S.Na/c14-12(11-7-3-1-4-8-11)18-13(19(15,16)17)9-5-2-6-10-13;/h1-9H,10H2,(H,15,16,17);/q;+1/p-1. The van der Waals surface area contributed by atoms with E-state index in [0.717, 1.165) is 6.08 Å². The van der Waals surface area contributed by atoms with Crippen LogP contribution in [-0.2, 0) is 14.9 Å². The maximum absolute atomic E-state index is 11.9. The third kappa shape index (κ3) is 3.59. The summed E-state index contributed by atoms with van der Waals surface area (Å²) < 4.78 is 39.0. The quantitative estimate of drug-likeness (QED) is 0.390. The molecule has 0 heterocycles. The fourth-order valence-corrected chi connectivity index (χ4v) is 2.41. The van der Waals surface area contributed by atoms with Crippen molar-refractivity contribution in [1.29, 1.82) is 0 Å². The van der Waals surface area contributed by atoms with Crippen LogP contribution in [0.15, 0.2) is 54.6 Å². The summed E-state index contributed by atoms with van der Waals surface area (Å²) in [5, 5.41) is 0. The number of allylic oxidation sites excluding steroid dienone is 2. The van der Waals surface area contributed by atoms with Crippen molar-refractivity contribution in [2.24, 2.45) is 0 Å². The predicted molar refractivity (Wildman–Crippen MR) is 67.2 cm³/mol. The summed E-state index contributed by atoms with van der Waals surface area (Å²) in [5.41, 5.74) is 0.188. The summed E-state index contributed by atoms with van der Waals surface area (Å²) in [7, 11) is -4.82. The Morgan fingerprint density at radius 2 is 1.85 bits per heavy atom. The van der Waals surface area contributed by atoms with Gasteiger partial charge in [0.1, 0.15) is 10.1 Å². The van der Waals surface area contributed by atoms with Crippen molar-refractivity contribution in [3.63, 3.8) is 0 Å². The minimum Gasteiger partial charge on any atom is -0.745 e. The second kappa shape index (κ2) is 6.69. The van der Waals surface area contributed by atoms with Gasteiger partial charge in [0.15, 0.2) is 0 Å². The molecular formula is C13H11NaO5S. The molecule has 1 unspecified atom stereocenters. The molecule has 0 bridgehead atoms. The summed E-state index contributed by atoms with van der Waals surface area (Å²) in [4.78, 5) is 9.72. The van der Waals surface area contributed by atoms with Gasteiger partial charge in [-0.2, -0.15) is 0 Å². The van der Waals surface area contributed by atoms with Gasteiger partial charge in [-0.15, -0.1) is 0 Å². The van der Waals surface area contributed by atoms with E-state index in [0.29, 0.717) is 0 Å². The van der Waals surface area contributed by atoms with E-state index < -0.39 is 21.0 Å². The fraction of sp³-hybridized carbons (Fsp3) is 0.154. The summed E-state index contributed by atoms with van der Waals surface area (Å²) >= 11 is 0. The Kier molecular flexibility index (Phi) is 5.73. The van der Waals surface area contributed by atoms with Crippen LogP contribution in [0.3, 0.4) is 0 Å². The van der Waals surface area contributed by atoms with Crippen LogP contribution in [0, 0.1) is 0 Å². The van der Waals surface area contributed by atoms with Gasteiger partial charge in [0.2, 0.25) is 4.93 Å². The van der Waals surface area contributed by atoms with Crippen LogP contribution in [0.25, 0.3) is 0 Å². The van der Waals surface area contributed by atoms with Crippen molar-refractivity contribution in [2.45, 2.75) is 11.4 Å². The molecule has 1 aliphatic rings. The van der Waals surface area contributed by atoms with E-state index >= 15 is 0 Å². The van der Waals surface area contributed by atoms with Gasteiger partial charge in [-0.05, 0) is 18.2 Å². The van der Waals surface area contributed by atoms with Crippen molar-refractivity contribution in [3.8, 4) is 0 Å². The average Bonchev–Trinajstić information content (AvgIpc) is 2.39. The molecule has 0 fully saturated rings. The molecule has 0 spiro atoms. The largest absolute Gasteiger partial charge is 1.00 e. The van der Waals surface area contributed by atoms with E-state index in [1.807, 2.05) is 0 Å². The van der Waals surface area contributed by atoms with Crippen LogP contribution in [0.4, 0.5) is 0 Å². The molecule has 0 N–H and O–H groups in total. The topological polar surface area (TPSA) is 83.5 Å². The molecule has 1 aromatic rings. The summed E-state index contributed by atoms with van der Waals surface area (Å²) in [6.45, 7) is 0. The van der Waals surface area contributed by atoms with Crippen molar-refractivity contribution >= 4 is 16.1 Å². The molecule has 0 amide bonds. The Morgan fingerprint density at radius 3 is 2.35 bits per heavy atom. The molecule has 0 aliphatic heterocycles. The first-order valence-electron chi connectivity index (χ1n) is 5.53. The molecule has 1 atom stereocenters. The van der Waals surface area contributed by atoms with Gasteiger partial charge in [0, 0.05) is 6.42 Å². The first kappa shape index (κ1) is 17.1. The van der Waals surface area contributed by atoms with Gasteiger partial charge >= 0.3 is 35.5 Å². The summed E-state index contributed by atoms with van der Waals surface area (Å²) in [6.07, 6.45) is 5.33. The SMILES string of the molecule is O=C(OC1(S(=O)(=O)[O-])C=CC=CC1)c1ccccc1.[Na+]. The van der Waals surface area contributed by atoms with Gasteiger partial charge in [0.25, 0.3) is 0 Å². The number of carbonyl (C=O) groups is 1. The van der Waals surface area contributed by atoms with Gasteiger partial charge < -0.3 is 9.29 Å². The van der Waals surface area contributed by atoms with E-state index in [1.54, 1.807) is 24.3 Å². The van der Waals surface area contributed by atoms with Gasteiger partial charge in [0.05, 0.1) is 5.56 Å². The second-order valence-electron chi connectivity index (χ2n) is 4.01. The molecule has 0 saturated carbocycles. The molecule has 7 heteroatoms. The van der Waals surface area contributed by atoms with Crippen molar-refractivity contribution < 1.29 is 52.1 Å². The number of benzene rings is 1. The average molecular weight is 302 g/mol. The molecule has 5 nitrogen and oxygen atoms in total. The minimum absolute atomic E-state index is 0. The first-order valence-corrected chi connectivity index (χ1v) is 6.94. The normalized spacial score (nSPS) is 21.1. The van der Waals surface area contributed by atoms with Crippen LogP contribution in [0.1, 0.15) is 16.8 Å². The second-order valence-corrected chi connectivity index (χ2v) is 5.61. The van der Waals surface area contributed by atoms with Gasteiger partial charge in [-0.25, -0.2) is 13.2 Å². The van der Waals surface area contributed by atoms with E-state index in [1.165, 1.54) is 24.3 Å². The Balaban J connectivity index is 0.00000200. The molecule has 0 saturated heterocycles. The number of hydrogen-bond acceptors (Lipinski definition) is 5. The molecule has 1 aliphatic carbocycles. The third-order valence-electron chi connectivity index (χ3n) is 2.70. The minimum atomic E-state index is -4.82. The summed E-state index contributed by atoms with van der Waals surface area (Å²) in [6, 6.07) is 7.91. The Hall–Kier alpha value is -0.920. The maximum atomic E-state index is 11.9. The number of ether oxygens (including phenoxy) is 1. The molecule has 2 rings (SSSR count). The zero-order chi connectivity index (χ0) is 13.9.